The van der Waals surface area contributed by atoms with Gasteiger partial charge in [-0.3, -0.25) is 4.79 Å². The predicted molar refractivity (Wildman–Crippen MR) is 65.7 cm³/mol. The van der Waals surface area contributed by atoms with Gasteiger partial charge in [0.1, 0.15) is 0 Å². The summed E-state index contributed by atoms with van der Waals surface area (Å²) >= 11 is 1.51. The van der Waals surface area contributed by atoms with Crippen LogP contribution in [0.4, 0.5) is 0 Å². The number of aromatic amines is 1. The molecule has 0 radical (unpaired) electrons. The van der Waals surface area contributed by atoms with Gasteiger partial charge in [-0.15, -0.1) is 0 Å². The normalized spacial score (nSPS) is 15.0. The lowest BCUT2D eigenvalue weighted by molar-refractivity contribution is 0.736. The molecule has 5 heteroatoms. The fraction of sp³-hybridized carbons (Fsp3) is 0.455. The zero-order chi connectivity index (χ0) is 11.4. The molecule has 2 rings (SSSR count). The van der Waals surface area contributed by atoms with Crippen LogP contribution in [0, 0.1) is 0 Å². The summed E-state index contributed by atoms with van der Waals surface area (Å²) < 4.78 is 0. The van der Waals surface area contributed by atoms with Gasteiger partial charge in [-0.25, -0.2) is 4.98 Å². The van der Waals surface area contributed by atoms with E-state index in [-0.39, 0.29) is 5.56 Å². The number of nitrogens with one attached hydrogen (secondary N) is 2. The van der Waals surface area contributed by atoms with E-state index in [0.29, 0.717) is 11.2 Å². The highest BCUT2D eigenvalue weighted by Gasteiger charge is 2.19. The number of H-pyrrole nitrogens is 1. The van der Waals surface area contributed by atoms with Gasteiger partial charge in [0, 0.05) is 30.6 Å². The third-order valence-electron chi connectivity index (χ3n) is 2.28. The summed E-state index contributed by atoms with van der Waals surface area (Å²) in [5.41, 5.74) is 1.02. The van der Waals surface area contributed by atoms with Gasteiger partial charge in [-0.05, 0) is 12.8 Å². The highest BCUT2D eigenvalue weighted by Crippen LogP contribution is 2.19. The topological polar surface area (TPSA) is 57.8 Å². The van der Waals surface area contributed by atoms with Crippen LogP contribution in [-0.4, -0.2) is 28.3 Å². The summed E-state index contributed by atoms with van der Waals surface area (Å²) in [5, 5.41) is 4.05. The average molecular weight is 237 g/mol. The molecule has 0 aromatic carbocycles. The second-order valence-electron chi connectivity index (χ2n) is 3.93. The van der Waals surface area contributed by atoms with Crippen LogP contribution >= 0.6 is 11.8 Å². The highest BCUT2D eigenvalue weighted by molar-refractivity contribution is 7.99. The highest BCUT2D eigenvalue weighted by atomic mass is 32.2. The number of hydrogen-bond acceptors (Lipinski definition) is 4. The van der Waals surface area contributed by atoms with Crippen LogP contribution in [0.3, 0.4) is 0 Å². The molecule has 1 fully saturated rings. The van der Waals surface area contributed by atoms with Gasteiger partial charge >= 0.3 is 0 Å². The summed E-state index contributed by atoms with van der Waals surface area (Å²) in [7, 11) is 0. The first-order valence-electron chi connectivity index (χ1n) is 5.32. The van der Waals surface area contributed by atoms with Crippen molar-refractivity contribution in [3.8, 4) is 0 Å². The van der Waals surface area contributed by atoms with Crippen molar-refractivity contribution < 1.29 is 0 Å². The standard InChI is InChI=1S/C11H15N3OS/c1-8(6-13-9-2-3-9)7-16-11-12-5-4-10(15)14-11/h4-5,9,13H,1-3,6-7H2,(H,12,14,15). The van der Waals surface area contributed by atoms with E-state index in [4.69, 9.17) is 0 Å². The molecule has 1 heterocycles. The van der Waals surface area contributed by atoms with Gasteiger partial charge in [-0.2, -0.15) is 0 Å². The Morgan fingerprint density at radius 2 is 2.50 bits per heavy atom. The van der Waals surface area contributed by atoms with Gasteiger partial charge in [0.05, 0.1) is 0 Å². The van der Waals surface area contributed by atoms with Gasteiger partial charge in [-0.1, -0.05) is 23.9 Å². The largest absolute Gasteiger partial charge is 0.310 e. The van der Waals surface area contributed by atoms with Crippen molar-refractivity contribution in [1.82, 2.24) is 15.3 Å². The molecule has 16 heavy (non-hydrogen) atoms. The molecule has 0 aliphatic heterocycles. The monoisotopic (exact) mass is 237 g/mol. The zero-order valence-corrected chi connectivity index (χ0v) is 9.85. The number of nitrogens with zero attached hydrogens (tertiary/aromatic N) is 1. The minimum atomic E-state index is -0.112. The van der Waals surface area contributed by atoms with E-state index in [1.54, 1.807) is 0 Å². The molecule has 4 nitrogen and oxygen atoms in total. The second-order valence-corrected chi connectivity index (χ2v) is 4.90. The van der Waals surface area contributed by atoms with Crippen LogP contribution in [0.1, 0.15) is 12.8 Å². The maximum absolute atomic E-state index is 11.0. The predicted octanol–water partition coefficient (Wildman–Crippen LogP) is 1.17. The maximum atomic E-state index is 11.0. The Labute approximate surface area is 98.6 Å². The van der Waals surface area contributed by atoms with Crippen LogP contribution in [0.25, 0.3) is 0 Å². The molecule has 1 saturated carbocycles. The number of aromatic nitrogens is 2. The lowest BCUT2D eigenvalue weighted by Gasteiger charge is -2.05. The summed E-state index contributed by atoms with van der Waals surface area (Å²) in [5.74, 6) is 0.784. The number of rotatable bonds is 6. The fourth-order valence-electron chi connectivity index (χ4n) is 1.22. The van der Waals surface area contributed by atoms with Crippen LogP contribution in [0.2, 0.25) is 0 Å². The molecule has 0 atom stereocenters. The minimum absolute atomic E-state index is 0.112. The Hall–Kier alpha value is -1.07. The number of thioether (sulfide) groups is 1. The first kappa shape index (κ1) is 11.4. The van der Waals surface area contributed by atoms with Crippen LogP contribution < -0.4 is 10.9 Å². The van der Waals surface area contributed by atoms with E-state index in [9.17, 15) is 4.79 Å². The van der Waals surface area contributed by atoms with Gasteiger partial charge in [0.25, 0.3) is 5.56 Å². The van der Waals surface area contributed by atoms with Crippen molar-refractivity contribution in [1.29, 1.82) is 0 Å². The number of hydrogen-bond donors (Lipinski definition) is 2. The van der Waals surface area contributed by atoms with Gasteiger partial charge in [0.2, 0.25) is 0 Å². The van der Waals surface area contributed by atoms with Crippen molar-refractivity contribution in [3.63, 3.8) is 0 Å². The molecular weight excluding hydrogens is 222 g/mol. The Balaban J connectivity index is 1.73. The summed E-state index contributed by atoms with van der Waals surface area (Å²) in [6, 6.07) is 2.12. The van der Waals surface area contributed by atoms with Gasteiger partial charge in [0.15, 0.2) is 5.16 Å². The molecule has 1 aliphatic rings. The molecular formula is C11H15N3OS. The molecule has 86 valence electrons. The third kappa shape index (κ3) is 3.83. The smallest absolute Gasteiger partial charge is 0.251 e. The Morgan fingerprint density at radius 3 is 3.19 bits per heavy atom. The fourth-order valence-corrected chi connectivity index (χ4v) is 1.97. The average Bonchev–Trinajstić information content (AvgIpc) is 3.07. The zero-order valence-electron chi connectivity index (χ0n) is 9.03. The minimum Gasteiger partial charge on any atom is -0.310 e. The van der Waals surface area contributed by atoms with Crippen molar-refractivity contribution in [3.05, 3.63) is 34.8 Å². The van der Waals surface area contributed by atoms with Crippen molar-refractivity contribution in [2.24, 2.45) is 0 Å². The lowest BCUT2D eigenvalue weighted by atomic mass is 10.3. The van der Waals surface area contributed by atoms with Crippen molar-refractivity contribution in [2.45, 2.75) is 24.0 Å². The lowest BCUT2D eigenvalue weighted by Crippen LogP contribution is -2.19. The molecule has 0 bridgehead atoms. The Bertz CT molecular complexity index is 425. The quantitative estimate of drug-likeness (QED) is 0.443. The van der Waals surface area contributed by atoms with Crippen LogP contribution in [0.15, 0.2) is 34.4 Å². The van der Waals surface area contributed by atoms with E-state index >= 15 is 0 Å². The van der Waals surface area contributed by atoms with E-state index in [2.05, 4.69) is 21.9 Å². The first-order chi connectivity index (χ1) is 7.74. The van der Waals surface area contributed by atoms with Gasteiger partial charge < -0.3 is 10.3 Å². The summed E-state index contributed by atoms with van der Waals surface area (Å²) in [6.45, 7) is 4.84. The molecule has 0 unspecified atom stereocenters. The van der Waals surface area contributed by atoms with E-state index in [0.717, 1.165) is 17.9 Å². The summed E-state index contributed by atoms with van der Waals surface area (Å²) in [4.78, 5) is 17.8. The van der Waals surface area contributed by atoms with Crippen molar-refractivity contribution >= 4 is 11.8 Å². The molecule has 0 saturated heterocycles. The summed E-state index contributed by atoms with van der Waals surface area (Å²) in [6.07, 6.45) is 4.09. The van der Waals surface area contributed by atoms with Crippen LogP contribution in [0.5, 0.6) is 0 Å². The third-order valence-corrected chi connectivity index (χ3v) is 3.31. The SMILES string of the molecule is C=C(CNC1CC1)CSc1nccc(=O)[nH]1. The van der Waals surface area contributed by atoms with Crippen molar-refractivity contribution in [2.75, 3.05) is 12.3 Å². The molecule has 1 aromatic rings. The Kier molecular flexibility index (Phi) is 3.79. The first-order valence-corrected chi connectivity index (χ1v) is 6.31. The second kappa shape index (κ2) is 5.32. The Morgan fingerprint density at radius 1 is 1.69 bits per heavy atom. The molecule has 2 N–H and O–H groups in total. The molecule has 1 aromatic heterocycles. The molecule has 0 amide bonds. The maximum Gasteiger partial charge on any atom is 0.251 e. The molecule has 1 aliphatic carbocycles. The molecule has 0 spiro atoms. The van der Waals surface area contributed by atoms with Crippen LogP contribution in [-0.2, 0) is 0 Å². The van der Waals surface area contributed by atoms with E-state index in [1.807, 2.05) is 0 Å². The van der Waals surface area contributed by atoms with E-state index in [1.165, 1.54) is 36.9 Å². The van der Waals surface area contributed by atoms with E-state index < -0.39 is 0 Å².